The number of hydrogen-bond donors (Lipinski definition) is 0. The second-order valence-corrected chi connectivity index (χ2v) is 5.09. The number of benzene rings is 2. The van der Waals surface area contributed by atoms with Crippen molar-refractivity contribution in [3.8, 4) is 0 Å². The lowest BCUT2D eigenvalue weighted by Gasteiger charge is -2.16. The van der Waals surface area contributed by atoms with Crippen molar-refractivity contribution in [3.63, 3.8) is 0 Å². The Morgan fingerprint density at radius 1 is 1.00 bits per heavy atom. The second-order valence-electron chi connectivity index (χ2n) is 4.05. The molecule has 0 heterocycles. The van der Waals surface area contributed by atoms with Crippen molar-refractivity contribution >= 4 is 18.0 Å². The van der Waals surface area contributed by atoms with E-state index in [-0.39, 0.29) is 11.3 Å². The average molecular weight is 278 g/mol. The fourth-order valence-corrected chi connectivity index (χ4v) is 2.43. The largest absolute Gasteiger partial charge is 0.298 e. The van der Waals surface area contributed by atoms with Gasteiger partial charge in [0.05, 0.1) is 5.75 Å². The molecule has 0 aromatic heterocycles. The summed E-state index contributed by atoms with van der Waals surface area (Å²) < 4.78 is 27.8. The lowest BCUT2D eigenvalue weighted by molar-refractivity contribution is 0.0231. The molecule has 19 heavy (non-hydrogen) atoms. The highest BCUT2D eigenvalue weighted by molar-refractivity contribution is 7.99. The maximum absolute atomic E-state index is 13.9. The van der Waals surface area contributed by atoms with Crippen molar-refractivity contribution in [1.29, 1.82) is 0 Å². The van der Waals surface area contributed by atoms with Gasteiger partial charge in [-0.1, -0.05) is 42.5 Å². The minimum atomic E-state index is -2.87. The smallest absolute Gasteiger partial charge is 0.282 e. The molecule has 0 bridgehead atoms. The third-order valence-electron chi connectivity index (χ3n) is 2.63. The Kier molecular flexibility index (Phi) is 4.32. The first-order valence-corrected chi connectivity index (χ1v) is 6.72. The molecule has 0 saturated heterocycles. The molecular weight excluding hydrogens is 266 g/mol. The van der Waals surface area contributed by atoms with Crippen LogP contribution in [-0.4, -0.2) is 12.0 Å². The van der Waals surface area contributed by atoms with E-state index in [1.54, 1.807) is 42.5 Å². The molecule has 0 atom stereocenters. The molecule has 0 fully saturated rings. The first-order valence-electron chi connectivity index (χ1n) is 5.73. The number of thioether (sulfide) groups is 1. The van der Waals surface area contributed by atoms with Crippen molar-refractivity contribution in [2.24, 2.45) is 0 Å². The van der Waals surface area contributed by atoms with Crippen molar-refractivity contribution in [2.75, 3.05) is 5.75 Å². The third kappa shape index (κ3) is 3.64. The summed E-state index contributed by atoms with van der Waals surface area (Å²) in [5.41, 5.74) is 0.561. The summed E-state index contributed by atoms with van der Waals surface area (Å²) in [6.45, 7) is 0. The third-order valence-corrected chi connectivity index (χ3v) is 3.74. The minimum absolute atomic E-state index is 0.0204. The summed E-state index contributed by atoms with van der Waals surface area (Å²) in [4.78, 5) is 11.2. The molecule has 0 aliphatic heterocycles. The van der Waals surface area contributed by atoms with Crippen LogP contribution in [0.2, 0.25) is 0 Å². The number of aldehydes is 1. The van der Waals surface area contributed by atoms with E-state index in [0.717, 1.165) is 22.9 Å². The Hall–Kier alpha value is -1.68. The fraction of sp³-hybridized carbons (Fsp3) is 0.133. The van der Waals surface area contributed by atoms with Crippen LogP contribution in [-0.2, 0) is 5.92 Å². The maximum Gasteiger partial charge on any atom is 0.282 e. The van der Waals surface area contributed by atoms with Gasteiger partial charge in [0.2, 0.25) is 0 Å². The molecule has 2 aromatic rings. The van der Waals surface area contributed by atoms with E-state index in [1.165, 1.54) is 12.1 Å². The van der Waals surface area contributed by atoms with Crippen LogP contribution < -0.4 is 0 Å². The topological polar surface area (TPSA) is 17.1 Å². The van der Waals surface area contributed by atoms with Gasteiger partial charge in [0, 0.05) is 16.0 Å². The zero-order chi connectivity index (χ0) is 13.7. The Bertz CT molecular complexity index is 538. The quantitative estimate of drug-likeness (QED) is 0.596. The summed E-state index contributed by atoms with van der Waals surface area (Å²) in [5, 5.41) is 0. The highest BCUT2D eigenvalue weighted by Gasteiger charge is 2.31. The summed E-state index contributed by atoms with van der Waals surface area (Å²) in [5.74, 6) is -3.19. The van der Waals surface area contributed by atoms with Crippen LogP contribution in [0.1, 0.15) is 15.9 Å². The molecule has 0 unspecified atom stereocenters. The molecule has 98 valence electrons. The zero-order valence-corrected chi connectivity index (χ0v) is 10.9. The summed E-state index contributed by atoms with van der Waals surface area (Å²) in [6, 6.07) is 14.4. The summed E-state index contributed by atoms with van der Waals surface area (Å²) in [7, 11) is 0. The minimum Gasteiger partial charge on any atom is -0.298 e. The monoisotopic (exact) mass is 278 g/mol. The molecular formula is C15H12F2OS. The van der Waals surface area contributed by atoms with E-state index in [4.69, 9.17) is 0 Å². The standard InChI is InChI=1S/C15H12F2OS/c16-15(17,13-4-2-1-3-5-13)11-19-14-8-6-12(10-18)7-9-14/h1-10H,11H2. The molecule has 4 heteroatoms. The molecule has 0 aliphatic rings. The first kappa shape index (κ1) is 13.7. The SMILES string of the molecule is O=Cc1ccc(SCC(F)(F)c2ccccc2)cc1. The normalized spacial score (nSPS) is 11.3. The van der Waals surface area contributed by atoms with Crippen LogP contribution in [0.5, 0.6) is 0 Å². The molecule has 0 amide bonds. The number of carbonyl (C=O) groups is 1. The van der Waals surface area contributed by atoms with Gasteiger partial charge in [0.25, 0.3) is 5.92 Å². The van der Waals surface area contributed by atoms with E-state index in [9.17, 15) is 13.6 Å². The van der Waals surface area contributed by atoms with E-state index >= 15 is 0 Å². The zero-order valence-electron chi connectivity index (χ0n) is 10.1. The average Bonchev–Trinajstić information content (AvgIpc) is 2.47. The van der Waals surface area contributed by atoms with Gasteiger partial charge < -0.3 is 0 Å². The Morgan fingerprint density at radius 2 is 1.63 bits per heavy atom. The van der Waals surface area contributed by atoms with E-state index in [1.807, 2.05) is 0 Å². The molecule has 2 rings (SSSR count). The van der Waals surface area contributed by atoms with Crippen LogP contribution in [0, 0.1) is 0 Å². The van der Waals surface area contributed by atoms with Gasteiger partial charge in [-0.2, -0.15) is 0 Å². The second kappa shape index (κ2) is 5.97. The Labute approximate surface area is 114 Å². The Balaban J connectivity index is 2.03. The molecule has 0 aliphatic carbocycles. The number of halogens is 2. The van der Waals surface area contributed by atoms with E-state index in [2.05, 4.69) is 0 Å². The predicted octanol–water partition coefficient (Wildman–Crippen LogP) is 4.38. The van der Waals surface area contributed by atoms with Crippen molar-refractivity contribution in [2.45, 2.75) is 10.8 Å². The number of rotatable bonds is 5. The van der Waals surface area contributed by atoms with Gasteiger partial charge in [0.15, 0.2) is 0 Å². The fourth-order valence-electron chi connectivity index (χ4n) is 1.58. The first-order chi connectivity index (χ1) is 9.12. The predicted molar refractivity (Wildman–Crippen MR) is 72.9 cm³/mol. The van der Waals surface area contributed by atoms with Crippen molar-refractivity contribution < 1.29 is 13.6 Å². The lowest BCUT2D eigenvalue weighted by Crippen LogP contribution is -2.16. The van der Waals surface area contributed by atoms with Crippen LogP contribution in [0.25, 0.3) is 0 Å². The van der Waals surface area contributed by atoms with Gasteiger partial charge in [0.1, 0.15) is 6.29 Å². The van der Waals surface area contributed by atoms with Crippen LogP contribution in [0.3, 0.4) is 0 Å². The van der Waals surface area contributed by atoms with Gasteiger partial charge in [-0.15, -0.1) is 11.8 Å². The molecule has 1 nitrogen and oxygen atoms in total. The van der Waals surface area contributed by atoms with Gasteiger partial charge >= 0.3 is 0 Å². The molecule has 0 N–H and O–H groups in total. The van der Waals surface area contributed by atoms with E-state index < -0.39 is 5.92 Å². The van der Waals surface area contributed by atoms with Crippen molar-refractivity contribution in [1.82, 2.24) is 0 Å². The molecule has 0 spiro atoms. The highest BCUT2D eigenvalue weighted by atomic mass is 32.2. The number of carbonyl (C=O) groups excluding carboxylic acids is 1. The summed E-state index contributed by atoms with van der Waals surface area (Å²) in [6.07, 6.45) is 0.729. The highest BCUT2D eigenvalue weighted by Crippen LogP contribution is 2.34. The Morgan fingerprint density at radius 3 is 2.21 bits per heavy atom. The van der Waals surface area contributed by atoms with Crippen LogP contribution in [0.15, 0.2) is 59.5 Å². The van der Waals surface area contributed by atoms with Crippen LogP contribution in [0.4, 0.5) is 8.78 Å². The number of hydrogen-bond acceptors (Lipinski definition) is 2. The number of alkyl halides is 2. The van der Waals surface area contributed by atoms with E-state index in [0.29, 0.717) is 5.56 Å². The lowest BCUT2D eigenvalue weighted by atomic mass is 10.1. The van der Waals surface area contributed by atoms with Crippen LogP contribution >= 0.6 is 11.8 Å². The maximum atomic E-state index is 13.9. The molecule has 0 radical (unpaired) electrons. The van der Waals surface area contributed by atoms with Gasteiger partial charge in [-0.05, 0) is 12.1 Å². The van der Waals surface area contributed by atoms with Crippen molar-refractivity contribution in [3.05, 3.63) is 65.7 Å². The molecule has 2 aromatic carbocycles. The van der Waals surface area contributed by atoms with Gasteiger partial charge in [-0.25, -0.2) is 8.78 Å². The molecule has 0 saturated carbocycles. The summed E-state index contributed by atoms with van der Waals surface area (Å²) >= 11 is 1.08. The van der Waals surface area contributed by atoms with Gasteiger partial charge in [-0.3, -0.25) is 4.79 Å².